The molecule has 1 rings (SSSR count). The molecule has 0 saturated carbocycles. The van der Waals surface area contributed by atoms with Crippen molar-refractivity contribution in [1.29, 1.82) is 0 Å². The number of amides is 1. The number of carboxylic acid groups (broad SMARTS) is 1. The molecule has 0 heterocycles. The maximum absolute atomic E-state index is 12.0. The van der Waals surface area contributed by atoms with Crippen molar-refractivity contribution in [2.45, 2.75) is 13.8 Å². The van der Waals surface area contributed by atoms with Crippen LogP contribution < -0.4 is 56.5 Å². The second-order valence-corrected chi connectivity index (χ2v) is 3.31. The van der Waals surface area contributed by atoms with Crippen LogP contribution in [0.2, 0.25) is 0 Å². The van der Waals surface area contributed by atoms with E-state index in [1.807, 2.05) is 13.8 Å². The van der Waals surface area contributed by atoms with E-state index >= 15 is 0 Å². The van der Waals surface area contributed by atoms with E-state index in [1.54, 1.807) is 17.0 Å². The van der Waals surface area contributed by atoms with Crippen LogP contribution in [-0.4, -0.2) is 29.9 Å². The van der Waals surface area contributed by atoms with E-state index in [0.717, 1.165) is 0 Å². The van der Waals surface area contributed by atoms with Crippen molar-refractivity contribution in [2.75, 3.05) is 13.1 Å². The van der Waals surface area contributed by atoms with Crippen LogP contribution in [0.3, 0.4) is 0 Å². The summed E-state index contributed by atoms with van der Waals surface area (Å²) in [5.41, 5.74) is 0.130. The van der Waals surface area contributed by atoms with Crippen LogP contribution in [0.5, 0.6) is 0 Å². The number of carbonyl (C=O) groups is 2. The predicted molar refractivity (Wildman–Crippen MR) is 58.0 cm³/mol. The van der Waals surface area contributed by atoms with Crippen LogP contribution in [-0.2, 0) is 0 Å². The molecule has 0 spiro atoms. The fraction of sp³-hybridized carbons (Fsp3) is 0.333. The summed E-state index contributed by atoms with van der Waals surface area (Å²) in [6.45, 7) is 4.81. The average molecular weight is 259 g/mol. The zero-order valence-corrected chi connectivity index (χ0v) is 13.5. The number of carboxylic acids is 1. The monoisotopic (exact) mass is 259 g/mol. The molecule has 0 radical (unpaired) electrons. The van der Waals surface area contributed by atoms with Gasteiger partial charge in [-0.05, 0) is 19.9 Å². The minimum Gasteiger partial charge on any atom is -0.545 e. The van der Waals surface area contributed by atoms with Crippen LogP contribution in [0.1, 0.15) is 34.6 Å². The topological polar surface area (TPSA) is 60.4 Å². The first kappa shape index (κ1) is 16.8. The molecule has 0 aliphatic rings. The van der Waals surface area contributed by atoms with Gasteiger partial charge in [-0.15, -0.1) is 0 Å². The van der Waals surface area contributed by atoms with Gasteiger partial charge in [-0.3, -0.25) is 4.79 Å². The Bertz CT molecular complexity index is 402. The van der Waals surface area contributed by atoms with E-state index in [2.05, 4.69) is 0 Å². The first-order chi connectivity index (χ1) is 7.61. The molecule has 0 saturated heterocycles. The molecule has 0 aliphatic carbocycles. The van der Waals surface area contributed by atoms with Crippen molar-refractivity contribution in [3.8, 4) is 0 Å². The second-order valence-electron chi connectivity index (χ2n) is 3.31. The number of rotatable bonds is 4. The normalized spacial score (nSPS) is 9.29. The number of benzene rings is 1. The molecule has 4 nitrogen and oxygen atoms in total. The molecule has 0 fully saturated rings. The molecule has 0 aliphatic heterocycles. The van der Waals surface area contributed by atoms with Crippen molar-refractivity contribution in [3.63, 3.8) is 0 Å². The standard InChI is InChI=1S/C12H15NO3.K/c1-3-13(4-2)11(14)9-7-5-6-8-10(9)12(15)16;/h5-8H,3-4H2,1-2H3,(H,15,16);/q;+1/p-1. The minimum absolute atomic E-state index is 0. The molecule has 0 aromatic heterocycles. The predicted octanol–water partition coefficient (Wildman–Crippen LogP) is -2.46. The molecule has 0 N–H and O–H groups in total. The Morgan fingerprint density at radius 1 is 1.12 bits per heavy atom. The fourth-order valence-electron chi connectivity index (χ4n) is 1.53. The first-order valence-corrected chi connectivity index (χ1v) is 5.21. The molecule has 1 amide bonds. The van der Waals surface area contributed by atoms with E-state index in [-0.39, 0.29) is 68.4 Å². The van der Waals surface area contributed by atoms with Crippen LogP contribution in [0.15, 0.2) is 24.3 Å². The van der Waals surface area contributed by atoms with Gasteiger partial charge in [0.05, 0.1) is 5.97 Å². The van der Waals surface area contributed by atoms with Gasteiger partial charge >= 0.3 is 51.4 Å². The van der Waals surface area contributed by atoms with Gasteiger partial charge in [0.1, 0.15) is 0 Å². The molecular formula is C12H14KNO3. The van der Waals surface area contributed by atoms with Crippen molar-refractivity contribution >= 4 is 11.9 Å². The molecule has 0 unspecified atom stereocenters. The number of aromatic carboxylic acids is 1. The van der Waals surface area contributed by atoms with E-state index in [4.69, 9.17) is 0 Å². The Hall–Kier alpha value is -0.204. The van der Waals surface area contributed by atoms with Crippen LogP contribution in [0, 0.1) is 0 Å². The zero-order chi connectivity index (χ0) is 12.1. The average Bonchev–Trinajstić information content (AvgIpc) is 2.30. The Balaban J connectivity index is 0.00000256. The van der Waals surface area contributed by atoms with E-state index in [0.29, 0.717) is 13.1 Å². The zero-order valence-electron chi connectivity index (χ0n) is 10.4. The largest absolute Gasteiger partial charge is 1.00 e. The van der Waals surface area contributed by atoms with Gasteiger partial charge in [0.2, 0.25) is 0 Å². The number of carbonyl (C=O) groups excluding carboxylic acids is 2. The Morgan fingerprint density at radius 2 is 1.59 bits per heavy atom. The van der Waals surface area contributed by atoms with Gasteiger partial charge in [-0.1, -0.05) is 18.2 Å². The van der Waals surface area contributed by atoms with Gasteiger partial charge in [-0.2, -0.15) is 0 Å². The van der Waals surface area contributed by atoms with E-state index in [9.17, 15) is 14.7 Å². The van der Waals surface area contributed by atoms with Crippen molar-refractivity contribution in [1.82, 2.24) is 4.90 Å². The third kappa shape index (κ3) is 4.19. The molecular weight excluding hydrogens is 245 g/mol. The van der Waals surface area contributed by atoms with Crippen molar-refractivity contribution in [3.05, 3.63) is 35.4 Å². The smallest absolute Gasteiger partial charge is 0.545 e. The summed E-state index contributed by atoms with van der Waals surface area (Å²) in [5.74, 6) is -1.60. The number of nitrogens with zero attached hydrogens (tertiary/aromatic N) is 1. The Labute approximate surface area is 143 Å². The number of hydrogen-bond donors (Lipinski definition) is 0. The molecule has 5 heteroatoms. The molecule has 1 aromatic carbocycles. The van der Waals surface area contributed by atoms with Crippen molar-refractivity contribution < 1.29 is 66.1 Å². The summed E-state index contributed by atoms with van der Waals surface area (Å²) >= 11 is 0. The SMILES string of the molecule is CCN(CC)C(=O)c1ccccc1C(=O)[O-].[K+]. The van der Waals surface area contributed by atoms with Gasteiger partial charge < -0.3 is 14.8 Å². The van der Waals surface area contributed by atoms with Gasteiger partial charge in [0.25, 0.3) is 5.91 Å². The van der Waals surface area contributed by atoms with Gasteiger partial charge in [0, 0.05) is 24.2 Å². The first-order valence-electron chi connectivity index (χ1n) is 5.21. The molecule has 0 bridgehead atoms. The molecule has 86 valence electrons. The van der Waals surface area contributed by atoms with Crippen molar-refractivity contribution in [2.24, 2.45) is 0 Å². The van der Waals surface area contributed by atoms with Crippen LogP contribution in [0.4, 0.5) is 0 Å². The van der Waals surface area contributed by atoms with E-state index < -0.39 is 5.97 Å². The maximum Gasteiger partial charge on any atom is 1.00 e. The third-order valence-corrected chi connectivity index (χ3v) is 2.43. The van der Waals surface area contributed by atoms with Crippen LogP contribution >= 0.6 is 0 Å². The minimum atomic E-state index is -1.32. The van der Waals surface area contributed by atoms with Gasteiger partial charge in [0.15, 0.2) is 0 Å². The number of hydrogen-bond acceptors (Lipinski definition) is 3. The summed E-state index contributed by atoms with van der Waals surface area (Å²) in [5, 5.41) is 10.8. The van der Waals surface area contributed by atoms with E-state index in [1.165, 1.54) is 12.1 Å². The summed E-state index contributed by atoms with van der Waals surface area (Å²) in [7, 11) is 0. The molecule has 17 heavy (non-hydrogen) atoms. The molecule has 0 atom stereocenters. The second kappa shape index (κ2) is 8.00. The summed E-state index contributed by atoms with van der Waals surface area (Å²) in [4.78, 5) is 24.4. The molecule has 1 aromatic rings. The summed E-state index contributed by atoms with van der Waals surface area (Å²) in [6.07, 6.45) is 0. The quantitative estimate of drug-likeness (QED) is 0.563. The maximum atomic E-state index is 12.0. The van der Waals surface area contributed by atoms with Gasteiger partial charge in [-0.25, -0.2) is 0 Å². The summed E-state index contributed by atoms with van der Waals surface area (Å²) in [6, 6.07) is 6.10. The van der Waals surface area contributed by atoms with Crippen LogP contribution in [0.25, 0.3) is 0 Å². The Morgan fingerprint density at radius 3 is 2.00 bits per heavy atom. The summed E-state index contributed by atoms with van der Waals surface area (Å²) < 4.78 is 0. The third-order valence-electron chi connectivity index (χ3n) is 2.43. The fourth-order valence-corrected chi connectivity index (χ4v) is 1.53. The Kier molecular flexibility index (Phi) is 7.90.